The molecule has 1 atom stereocenters. The lowest BCUT2D eigenvalue weighted by Gasteiger charge is -2.23. The van der Waals surface area contributed by atoms with Crippen molar-refractivity contribution in [3.8, 4) is 0 Å². The number of hydrogen-bond acceptors (Lipinski definition) is 5. The molecule has 1 aliphatic rings. The van der Waals surface area contributed by atoms with Gasteiger partial charge in [0.05, 0.1) is 9.79 Å². The largest absolute Gasteiger partial charge is 0.330 e. The van der Waals surface area contributed by atoms with Crippen LogP contribution in [-0.4, -0.2) is 47.0 Å². The molecule has 1 aliphatic heterocycles. The number of sulfonamides is 1. The molecule has 2 N–H and O–H groups in total. The summed E-state index contributed by atoms with van der Waals surface area (Å²) in [6, 6.07) is 3.05. The molecule has 0 radical (unpaired) electrons. The zero-order valence-electron chi connectivity index (χ0n) is 14.4. The SMILES string of the molecule is Cc1cc(S(C)(=O)=O)c(C)c(S(=O)(=O)N2CCC(C)(CN)C2)c1.Cl. The Morgan fingerprint density at radius 2 is 1.71 bits per heavy atom. The third-order valence-corrected chi connectivity index (χ3v) is 7.68. The first kappa shape index (κ1) is 21.4. The summed E-state index contributed by atoms with van der Waals surface area (Å²) in [5.74, 6) is 0. The van der Waals surface area contributed by atoms with E-state index >= 15 is 0 Å². The molecule has 138 valence electrons. The predicted molar refractivity (Wildman–Crippen MR) is 96.8 cm³/mol. The summed E-state index contributed by atoms with van der Waals surface area (Å²) in [6.45, 7) is 6.38. The highest BCUT2D eigenvalue weighted by Gasteiger charge is 2.40. The fourth-order valence-corrected chi connectivity index (χ4v) is 5.99. The van der Waals surface area contributed by atoms with Gasteiger partial charge in [-0.3, -0.25) is 0 Å². The molecule has 0 aromatic heterocycles. The Hall–Kier alpha value is -0.670. The highest BCUT2D eigenvalue weighted by atomic mass is 35.5. The van der Waals surface area contributed by atoms with Gasteiger partial charge in [0, 0.05) is 19.3 Å². The highest BCUT2D eigenvalue weighted by Crippen LogP contribution is 2.34. The molecule has 9 heteroatoms. The number of nitrogens with two attached hydrogens (primary N) is 1. The molecule has 0 spiro atoms. The van der Waals surface area contributed by atoms with E-state index in [-0.39, 0.29) is 33.2 Å². The molecule has 0 aliphatic carbocycles. The van der Waals surface area contributed by atoms with Gasteiger partial charge in [0.15, 0.2) is 9.84 Å². The van der Waals surface area contributed by atoms with Crippen molar-refractivity contribution < 1.29 is 16.8 Å². The molecule has 1 aromatic rings. The first-order valence-corrected chi connectivity index (χ1v) is 10.8. The van der Waals surface area contributed by atoms with Crippen molar-refractivity contribution in [1.82, 2.24) is 4.31 Å². The van der Waals surface area contributed by atoms with E-state index in [1.807, 2.05) is 6.92 Å². The van der Waals surface area contributed by atoms with Crippen LogP contribution >= 0.6 is 12.4 Å². The van der Waals surface area contributed by atoms with Crippen molar-refractivity contribution in [1.29, 1.82) is 0 Å². The number of sulfone groups is 1. The number of rotatable bonds is 4. The van der Waals surface area contributed by atoms with E-state index in [9.17, 15) is 16.8 Å². The van der Waals surface area contributed by atoms with Crippen molar-refractivity contribution in [2.24, 2.45) is 11.1 Å². The van der Waals surface area contributed by atoms with Gasteiger partial charge in [0.1, 0.15) is 0 Å². The topological polar surface area (TPSA) is 97.5 Å². The molecular formula is C15H25ClN2O4S2. The Morgan fingerprint density at radius 3 is 2.17 bits per heavy atom. The lowest BCUT2D eigenvalue weighted by molar-refractivity contribution is 0.349. The number of halogens is 1. The maximum absolute atomic E-state index is 13.0. The maximum atomic E-state index is 13.0. The van der Waals surface area contributed by atoms with E-state index in [0.29, 0.717) is 31.6 Å². The summed E-state index contributed by atoms with van der Waals surface area (Å²) in [7, 11) is -7.24. The second-order valence-corrected chi connectivity index (χ2v) is 10.7. The Balaban J connectivity index is 0.00000288. The first-order chi connectivity index (χ1) is 10.4. The fraction of sp³-hybridized carbons (Fsp3) is 0.600. The standard InChI is InChI=1S/C15H24N2O4S2.ClH/c1-11-7-13(22(4,18)19)12(2)14(8-11)23(20,21)17-6-5-15(3,9-16)10-17;/h7-8H,5-6,9-10,16H2,1-4H3;1H. The number of benzene rings is 1. The lowest BCUT2D eigenvalue weighted by atomic mass is 9.90. The van der Waals surface area contributed by atoms with Crippen LogP contribution in [0.2, 0.25) is 0 Å². The van der Waals surface area contributed by atoms with Gasteiger partial charge in [0.2, 0.25) is 10.0 Å². The molecule has 1 fully saturated rings. The van der Waals surface area contributed by atoms with E-state index in [1.54, 1.807) is 13.8 Å². The predicted octanol–water partition coefficient (Wildman–Crippen LogP) is 1.49. The number of hydrogen-bond donors (Lipinski definition) is 1. The van der Waals surface area contributed by atoms with Crippen LogP contribution in [0.1, 0.15) is 24.5 Å². The summed E-state index contributed by atoms with van der Waals surface area (Å²) in [5.41, 5.74) is 6.40. The normalized spacial score (nSPS) is 22.4. The molecule has 0 saturated carbocycles. The summed E-state index contributed by atoms with van der Waals surface area (Å²) in [4.78, 5) is 0.135. The van der Waals surface area contributed by atoms with E-state index in [4.69, 9.17) is 5.73 Å². The summed E-state index contributed by atoms with van der Waals surface area (Å²) >= 11 is 0. The average molecular weight is 397 g/mol. The second kappa shape index (κ2) is 6.92. The van der Waals surface area contributed by atoms with Crippen LogP contribution in [0.25, 0.3) is 0 Å². The molecule has 1 saturated heterocycles. The van der Waals surface area contributed by atoms with Gasteiger partial charge in [-0.15, -0.1) is 12.4 Å². The Labute approximate surface area is 150 Å². The highest BCUT2D eigenvalue weighted by molar-refractivity contribution is 7.91. The van der Waals surface area contributed by atoms with Gasteiger partial charge in [-0.25, -0.2) is 16.8 Å². The maximum Gasteiger partial charge on any atom is 0.243 e. The van der Waals surface area contributed by atoms with Crippen LogP contribution in [0.4, 0.5) is 0 Å². The van der Waals surface area contributed by atoms with E-state index in [0.717, 1.165) is 6.26 Å². The van der Waals surface area contributed by atoms with Crippen LogP contribution in [0.15, 0.2) is 21.9 Å². The molecular weight excluding hydrogens is 372 g/mol. The van der Waals surface area contributed by atoms with Crippen LogP contribution in [0, 0.1) is 19.3 Å². The minimum Gasteiger partial charge on any atom is -0.330 e. The lowest BCUT2D eigenvalue weighted by Crippen LogP contribution is -2.35. The minimum absolute atomic E-state index is 0. The van der Waals surface area contributed by atoms with E-state index in [2.05, 4.69) is 0 Å². The van der Waals surface area contributed by atoms with Crippen LogP contribution in [0.5, 0.6) is 0 Å². The van der Waals surface area contributed by atoms with Gasteiger partial charge >= 0.3 is 0 Å². The molecule has 0 bridgehead atoms. The smallest absolute Gasteiger partial charge is 0.243 e. The van der Waals surface area contributed by atoms with Crippen molar-refractivity contribution in [3.63, 3.8) is 0 Å². The van der Waals surface area contributed by atoms with Crippen molar-refractivity contribution >= 4 is 32.3 Å². The molecule has 24 heavy (non-hydrogen) atoms. The monoisotopic (exact) mass is 396 g/mol. The molecule has 0 amide bonds. The molecule has 1 aromatic carbocycles. The first-order valence-electron chi connectivity index (χ1n) is 7.42. The summed E-state index contributed by atoms with van der Waals surface area (Å²) in [5, 5.41) is 0. The molecule has 1 heterocycles. The van der Waals surface area contributed by atoms with E-state index in [1.165, 1.54) is 16.4 Å². The van der Waals surface area contributed by atoms with Gasteiger partial charge in [-0.2, -0.15) is 4.31 Å². The quantitative estimate of drug-likeness (QED) is 0.831. The van der Waals surface area contributed by atoms with Gasteiger partial charge < -0.3 is 5.73 Å². The molecule has 2 rings (SSSR count). The van der Waals surface area contributed by atoms with Crippen LogP contribution in [0.3, 0.4) is 0 Å². The molecule has 1 unspecified atom stereocenters. The van der Waals surface area contributed by atoms with Gasteiger partial charge in [-0.1, -0.05) is 6.92 Å². The zero-order chi connectivity index (χ0) is 17.6. The van der Waals surface area contributed by atoms with Crippen LogP contribution < -0.4 is 5.73 Å². The van der Waals surface area contributed by atoms with E-state index < -0.39 is 19.9 Å². The Bertz CT molecular complexity index is 837. The fourth-order valence-electron chi connectivity index (χ4n) is 2.94. The summed E-state index contributed by atoms with van der Waals surface area (Å²) < 4.78 is 51.2. The number of nitrogens with zero attached hydrogens (tertiary/aromatic N) is 1. The third-order valence-electron chi connectivity index (χ3n) is 4.49. The Kier molecular flexibility index (Phi) is 6.16. The minimum atomic E-state index is -3.74. The second-order valence-electron chi connectivity index (χ2n) is 6.76. The number of aryl methyl sites for hydroxylation is 1. The third kappa shape index (κ3) is 3.94. The van der Waals surface area contributed by atoms with Crippen molar-refractivity contribution in [3.05, 3.63) is 23.3 Å². The van der Waals surface area contributed by atoms with Crippen molar-refractivity contribution in [2.45, 2.75) is 37.0 Å². The van der Waals surface area contributed by atoms with Crippen LogP contribution in [-0.2, 0) is 19.9 Å². The van der Waals surface area contributed by atoms with Crippen molar-refractivity contribution in [2.75, 3.05) is 25.9 Å². The zero-order valence-corrected chi connectivity index (χ0v) is 16.8. The Morgan fingerprint density at radius 1 is 1.17 bits per heavy atom. The average Bonchev–Trinajstić information content (AvgIpc) is 2.84. The van der Waals surface area contributed by atoms with Gasteiger partial charge in [0.25, 0.3) is 0 Å². The molecule has 6 nitrogen and oxygen atoms in total. The van der Waals surface area contributed by atoms with Gasteiger partial charge in [-0.05, 0) is 55.5 Å². The summed E-state index contributed by atoms with van der Waals surface area (Å²) in [6.07, 6.45) is 1.79.